The molecule has 1 aromatic heterocycles. The van der Waals surface area contributed by atoms with Crippen LogP contribution in [0.15, 0.2) is 12.4 Å². The quantitative estimate of drug-likeness (QED) is 0.838. The number of carbonyl (C=O) groups excluding carboxylic acids is 2. The highest BCUT2D eigenvalue weighted by Gasteiger charge is 2.50. The van der Waals surface area contributed by atoms with Gasteiger partial charge in [-0.25, -0.2) is 9.97 Å². The molecule has 1 spiro atoms. The van der Waals surface area contributed by atoms with Gasteiger partial charge in [0.2, 0.25) is 5.91 Å². The number of likely N-dealkylation sites (tertiary alicyclic amines) is 2. The molecule has 3 heterocycles. The van der Waals surface area contributed by atoms with Gasteiger partial charge in [0, 0.05) is 45.0 Å². The number of nitrogens with zero attached hydrogens (tertiary/aromatic N) is 4. The zero-order valence-electron chi connectivity index (χ0n) is 14.9. The number of aryl methyl sites for hydroxylation is 1. The van der Waals surface area contributed by atoms with E-state index in [-0.39, 0.29) is 17.2 Å². The van der Waals surface area contributed by atoms with Crippen LogP contribution >= 0.6 is 0 Å². The minimum absolute atomic E-state index is 0.0494. The molecule has 1 aliphatic carbocycles. The second-order valence-electron chi connectivity index (χ2n) is 7.80. The first kappa shape index (κ1) is 16.5. The third kappa shape index (κ3) is 3.14. The Labute approximate surface area is 148 Å². The van der Waals surface area contributed by atoms with E-state index in [4.69, 9.17) is 0 Å². The van der Waals surface area contributed by atoms with Gasteiger partial charge in [0.15, 0.2) is 0 Å². The molecule has 3 fully saturated rings. The van der Waals surface area contributed by atoms with Crippen LogP contribution in [0, 0.1) is 11.3 Å². The number of hydrogen-bond acceptors (Lipinski definition) is 4. The van der Waals surface area contributed by atoms with E-state index >= 15 is 0 Å². The summed E-state index contributed by atoms with van der Waals surface area (Å²) in [5, 5.41) is 0. The molecule has 0 bridgehead atoms. The van der Waals surface area contributed by atoms with E-state index in [0.717, 1.165) is 44.6 Å². The molecule has 1 saturated carbocycles. The predicted octanol–water partition coefficient (Wildman–Crippen LogP) is 1.90. The maximum atomic E-state index is 13.1. The predicted molar refractivity (Wildman–Crippen MR) is 92.9 cm³/mol. The fourth-order valence-electron chi connectivity index (χ4n) is 4.19. The summed E-state index contributed by atoms with van der Waals surface area (Å²) in [6, 6.07) is 0. The standard InChI is InChI=1S/C19H26N4O2/c1-2-16-20-10-15(11-21-16)17(24)23-9-7-19(13-23)6-3-8-22(18(19)25)12-14-4-5-14/h10-11,14H,2-9,12-13H2,1H3. The first-order valence-corrected chi connectivity index (χ1v) is 9.51. The van der Waals surface area contributed by atoms with Gasteiger partial charge in [-0.2, -0.15) is 0 Å². The van der Waals surface area contributed by atoms with Gasteiger partial charge in [0.1, 0.15) is 5.82 Å². The van der Waals surface area contributed by atoms with E-state index in [0.29, 0.717) is 24.6 Å². The Balaban J connectivity index is 1.45. The summed E-state index contributed by atoms with van der Waals surface area (Å²) in [5.74, 6) is 1.69. The van der Waals surface area contributed by atoms with Gasteiger partial charge in [0.05, 0.1) is 11.0 Å². The van der Waals surface area contributed by atoms with Crippen LogP contribution in [0.25, 0.3) is 0 Å². The van der Waals surface area contributed by atoms with E-state index in [2.05, 4.69) is 14.9 Å². The Hall–Kier alpha value is -1.98. The van der Waals surface area contributed by atoms with E-state index < -0.39 is 0 Å². The number of amides is 2. The summed E-state index contributed by atoms with van der Waals surface area (Å²) < 4.78 is 0. The molecule has 2 amide bonds. The Morgan fingerprint density at radius 2 is 2.00 bits per heavy atom. The third-order valence-electron chi connectivity index (χ3n) is 5.91. The Kier molecular flexibility index (Phi) is 4.21. The van der Waals surface area contributed by atoms with Crippen molar-refractivity contribution in [3.63, 3.8) is 0 Å². The number of piperidine rings is 1. The van der Waals surface area contributed by atoms with Crippen LogP contribution < -0.4 is 0 Å². The molecule has 1 atom stereocenters. The highest BCUT2D eigenvalue weighted by atomic mass is 16.2. The second kappa shape index (κ2) is 6.39. The van der Waals surface area contributed by atoms with Crippen molar-refractivity contribution in [2.45, 2.75) is 45.4 Å². The Morgan fingerprint density at radius 3 is 2.68 bits per heavy atom. The molecule has 0 radical (unpaired) electrons. The van der Waals surface area contributed by atoms with Crippen LogP contribution in [0.1, 0.15) is 55.2 Å². The van der Waals surface area contributed by atoms with E-state index in [1.54, 1.807) is 12.4 Å². The Bertz CT molecular complexity index is 671. The average Bonchev–Trinajstić information content (AvgIpc) is 3.36. The minimum Gasteiger partial charge on any atom is -0.342 e. The lowest BCUT2D eigenvalue weighted by Gasteiger charge is -2.39. The molecule has 4 rings (SSSR count). The molecule has 1 unspecified atom stereocenters. The van der Waals surface area contributed by atoms with Crippen molar-refractivity contribution in [2.24, 2.45) is 11.3 Å². The molecule has 2 aliphatic heterocycles. The van der Waals surface area contributed by atoms with Crippen molar-refractivity contribution in [3.8, 4) is 0 Å². The number of hydrogen-bond donors (Lipinski definition) is 0. The molecule has 0 aromatic carbocycles. The smallest absolute Gasteiger partial charge is 0.257 e. The summed E-state index contributed by atoms with van der Waals surface area (Å²) in [6.07, 6.45) is 9.24. The van der Waals surface area contributed by atoms with Crippen molar-refractivity contribution in [3.05, 3.63) is 23.8 Å². The molecule has 2 saturated heterocycles. The van der Waals surface area contributed by atoms with Gasteiger partial charge >= 0.3 is 0 Å². The van der Waals surface area contributed by atoms with Crippen LogP contribution in [-0.2, 0) is 11.2 Å². The molecule has 3 aliphatic rings. The molecule has 1 aromatic rings. The van der Waals surface area contributed by atoms with Crippen LogP contribution in [0.2, 0.25) is 0 Å². The SMILES string of the molecule is CCc1ncc(C(=O)N2CCC3(CCCN(CC4CC4)C3=O)C2)cn1. The summed E-state index contributed by atoms with van der Waals surface area (Å²) >= 11 is 0. The van der Waals surface area contributed by atoms with E-state index in [1.165, 1.54) is 12.8 Å². The average molecular weight is 342 g/mol. The van der Waals surface area contributed by atoms with Crippen molar-refractivity contribution in [2.75, 3.05) is 26.2 Å². The van der Waals surface area contributed by atoms with Gasteiger partial charge in [-0.15, -0.1) is 0 Å². The summed E-state index contributed by atoms with van der Waals surface area (Å²) in [4.78, 5) is 38.2. The van der Waals surface area contributed by atoms with E-state index in [1.807, 2.05) is 11.8 Å². The minimum atomic E-state index is -0.354. The summed E-state index contributed by atoms with van der Waals surface area (Å²) in [5.41, 5.74) is 0.167. The molecular formula is C19H26N4O2. The highest BCUT2D eigenvalue weighted by molar-refractivity contribution is 5.95. The zero-order chi connectivity index (χ0) is 17.4. The van der Waals surface area contributed by atoms with Crippen molar-refractivity contribution >= 4 is 11.8 Å². The Morgan fingerprint density at radius 1 is 1.24 bits per heavy atom. The summed E-state index contributed by atoms with van der Waals surface area (Å²) in [6.45, 7) is 4.99. The largest absolute Gasteiger partial charge is 0.342 e. The maximum Gasteiger partial charge on any atom is 0.257 e. The van der Waals surface area contributed by atoms with Gasteiger partial charge in [-0.05, 0) is 38.0 Å². The number of rotatable bonds is 4. The first-order chi connectivity index (χ1) is 12.1. The van der Waals surface area contributed by atoms with Gasteiger partial charge in [-0.1, -0.05) is 6.92 Å². The molecule has 0 N–H and O–H groups in total. The molecule has 134 valence electrons. The van der Waals surface area contributed by atoms with Gasteiger partial charge < -0.3 is 9.80 Å². The first-order valence-electron chi connectivity index (χ1n) is 9.51. The van der Waals surface area contributed by atoms with E-state index in [9.17, 15) is 9.59 Å². The molecule has 25 heavy (non-hydrogen) atoms. The van der Waals surface area contributed by atoms with Gasteiger partial charge in [-0.3, -0.25) is 9.59 Å². The molecule has 6 nitrogen and oxygen atoms in total. The topological polar surface area (TPSA) is 66.4 Å². The lowest BCUT2D eigenvalue weighted by Crippen LogP contribution is -2.50. The zero-order valence-corrected chi connectivity index (χ0v) is 14.9. The van der Waals surface area contributed by atoms with Crippen molar-refractivity contribution < 1.29 is 9.59 Å². The normalized spacial score (nSPS) is 26.5. The molecule has 6 heteroatoms. The van der Waals surface area contributed by atoms with Crippen LogP contribution in [0.4, 0.5) is 0 Å². The second-order valence-corrected chi connectivity index (χ2v) is 7.80. The van der Waals surface area contributed by atoms with Crippen LogP contribution in [-0.4, -0.2) is 57.8 Å². The summed E-state index contributed by atoms with van der Waals surface area (Å²) in [7, 11) is 0. The van der Waals surface area contributed by atoms with Crippen LogP contribution in [0.3, 0.4) is 0 Å². The number of carbonyl (C=O) groups is 2. The van der Waals surface area contributed by atoms with Gasteiger partial charge in [0.25, 0.3) is 5.91 Å². The van der Waals surface area contributed by atoms with Crippen molar-refractivity contribution in [1.82, 2.24) is 19.8 Å². The number of aromatic nitrogens is 2. The monoisotopic (exact) mass is 342 g/mol. The lowest BCUT2D eigenvalue weighted by molar-refractivity contribution is -0.145. The maximum absolute atomic E-state index is 13.1. The lowest BCUT2D eigenvalue weighted by atomic mass is 9.78. The fraction of sp³-hybridized carbons (Fsp3) is 0.684. The molecular weight excluding hydrogens is 316 g/mol. The fourth-order valence-corrected chi connectivity index (χ4v) is 4.19. The highest BCUT2D eigenvalue weighted by Crippen LogP contribution is 2.42. The van der Waals surface area contributed by atoms with Crippen molar-refractivity contribution in [1.29, 1.82) is 0 Å². The van der Waals surface area contributed by atoms with Crippen LogP contribution in [0.5, 0.6) is 0 Å². The third-order valence-corrected chi connectivity index (χ3v) is 5.91.